The lowest BCUT2D eigenvalue weighted by Crippen LogP contribution is -2.57. The predicted molar refractivity (Wildman–Crippen MR) is 109 cm³/mol. The molecule has 0 radical (unpaired) electrons. The molecule has 1 fully saturated rings. The van der Waals surface area contributed by atoms with E-state index in [2.05, 4.69) is 0 Å². The van der Waals surface area contributed by atoms with Crippen LogP contribution >= 0.6 is 0 Å². The predicted octanol–water partition coefficient (Wildman–Crippen LogP) is 1.69. The van der Waals surface area contributed by atoms with Crippen LogP contribution in [0.1, 0.15) is 53.9 Å². The van der Waals surface area contributed by atoms with Crippen LogP contribution in [0.3, 0.4) is 0 Å². The van der Waals surface area contributed by atoms with Crippen LogP contribution in [0.4, 0.5) is 0 Å². The number of methoxy groups -OCH3 is 1. The number of fused-ring (bicyclic) bond motifs is 2. The normalized spacial score (nSPS) is 41.3. The molecule has 0 aromatic rings. The smallest absolute Gasteiger partial charge is 0.303 e. The second kappa shape index (κ2) is 7.55. The molecule has 6 atom stereocenters. The molecule has 0 heterocycles. The van der Waals surface area contributed by atoms with Crippen LogP contribution in [-0.4, -0.2) is 63.7 Å². The van der Waals surface area contributed by atoms with E-state index >= 15 is 0 Å². The fraction of sp³-hybridized carbons (Fsp3) is 0.739. The van der Waals surface area contributed by atoms with E-state index in [1.54, 1.807) is 0 Å². The summed E-state index contributed by atoms with van der Waals surface area (Å²) in [5.74, 6) is -1.77. The van der Waals surface area contributed by atoms with Gasteiger partial charge in [-0.15, -0.1) is 0 Å². The summed E-state index contributed by atoms with van der Waals surface area (Å²) in [7, 11) is 1.49. The van der Waals surface area contributed by atoms with E-state index in [4.69, 9.17) is 9.47 Å². The van der Waals surface area contributed by atoms with Crippen molar-refractivity contribution in [2.75, 3.05) is 13.7 Å². The number of hydrogen-bond donors (Lipinski definition) is 3. The first-order valence-corrected chi connectivity index (χ1v) is 10.6. The Labute approximate surface area is 177 Å². The first-order chi connectivity index (χ1) is 13.8. The summed E-state index contributed by atoms with van der Waals surface area (Å²) in [6.07, 6.45) is 1.83. The summed E-state index contributed by atoms with van der Waals surface area (Å²) < 4.78 is 10.7. The summed E-state index contributed by atoms with van der Waals surface area (Å²) in [6.45, 7) is 8.23. The van der Waals surface area contributed by atoms with Gasteiger partial charge in [0.25, 0.3) is 0 Å². The van der Waals surface area contributed by atoms with Crippen LogP contribution in [0.15, 0.2) is 22.8 Å². The molecule has 0 bridgehead atoms. The maximum Gasteiger partial charge on any atom is 0.303 e. The summed E-state index contributed by atoms with van der Waals surface area (Å²) in [5, 5.41) is 34.4. The molecule has 0 aromatic heterocycles. The van der Waals surface area contributed by atoms with Gasteiger partial charge in [-0.05, 0) is 61.2 Å². The SMILES string of the molecule is COC[C@@]1(O)CC[C@@H]2C1=C[C@]1(O)C(=C(C(C)C)C(=O)[C@]1(C)OC(C)=O)C[C@H](O)[C@@H]2C. The Morgan fingerprint density at radius 2 is 1.97 bits per heavy atom. The molecule has 3 aliphatic carbocycles. The maximum atomic E-state index is 13.5. The number of esters is 1. The zero-order valence-corrected chi connectivity index (χ0v) is 18.7. The third-order valence-corrected chi connectivity index (χ3v) is 7.32. The van der Waals surface area contributed by atoms with Gasteiger partial charge in [-0.25, -0.2) is 0 Å². The average molecular weight is 423 g/mol. The lowest BCUT2D eigenvalue weighted by atomic mass is 9.70. The molecule has 3 rings (SSSR count). The Balaban J connectivity index is 2.33. The summed E-state index contributed by atoms with van der Waals surface area (Å²) in [4.78, 5) is 25.4. The third-order valence-electron chi connectivity index (χ3n) is 7.32. The van der Waals surface area contributed by atoms with E-state index in [9.17, 15) is 24.9 Å². The zero-order chi connectivity index (χ0) is 22.6. The number of Topliss-reactive ketones (excluding diaryl/α,β-unsaturated/α-hetero) is 1. The number of aliphatic hydroxyl groups excluding tert-OH is 1. The highest BCUT2D eigenvalue weighted by molar-refractivity contribution is 6.09. The lowest BCUT2D eigenvalue weighted by Gasteiger charge is -2.42. The molecule has 1 saturated carbocycles. The minimum atomic E-state index is -1.96. The van der Waals surface area contributed by atoms with Gasteiger partial charge in [0.1, 0.15) is 5.60 Å². The van der Waals surface area contributed by atoms with Crippen LogP contribution in [0.25, 0.3) is 0 Å². The highest BCUT2D eigenvalue weighted by Crippen LogP contribution is 2.55. The van der Waals surface area contributed by atoms with Gasteiger partial charge in [-0.3, -0.25) is 9.59 Å². The largest absolute Gasteiger partial charge is 0.447 e. The van der Waals surface area contributed by atoms with Crippen molar-refractivity contribution < 1.29 is 34.4 Å². The molecule has 0 unspecified atom stereocenters. The van der Waals surface area contributed by atoms with Gasteiger partial charge in [0.15, 0.2) is 5.60 Å². The number of hydrogen-bond acceptors (Lipinski definition) is 7. The van der Waals surface area contributed by atoms with Crippen molar-refractivity contribution in [3.8, 4) is 0 Å². The minimum Gasteiger partial charge on any atom is -0.447 e. The highest BCUT2D eigenvalue weighted by atomic mass is 16.6. The highest BCUT2D eigenvalue weighted by Gasteiger charge is 2.65. The molecule has 0 spiro atoms. The quantitative estimate of drug-likeness (QED) is 0.467. The topological polar surface area (TPSA) is 113 Å². The molecular formula is C23H34O7. The van der Waals surface area contributed by atoms with Crippen LogP contribution < -0.4 is 0 Å². The average Bonchev–Trinajstić information content (AvgIpc) is 3.00. The molecule has 3 aliphatic rings. The van der Waals surface area contributed by atoms with Crippen LogP contribution in [-0.2, 0) is 19.1 Å². The fourth-order valence-electron chi connectivity index (χ4n) is 5.68. The van der Waals surface area contributed by atoms with Crippen molar-refractivity contribution in [2.24, 2.45) is 17.8 Å². The molecule has 0 aromatic carbocycles. The van der Waals surface area contributed by atoms with Crippen molar-refractivity contribution in [3.63, 3.8) is 0 Å². The van der Waals surface area contributed by atoms with Gasteiger partial charge in [-0.2, -0.15) is 0 Å². The van der Waals surface area contributed by atoms with Crippen LogP contribution in [0, 0.1) is 17.8 Å². The van der Waals surface area contributed by atoms with Crippen molar-refractivity contribution in [3.05, 3.63) is 22.8 Å². The number of ketones is 1. The summed E-state index contributed by atoms with van der Waals surface area (Å²) in [6, 6.07) is 0. The Bertz CT molecular complexity index is 812. The van der Waals surface area contributed by atoms with Crippen molar-refractivity contribution in [1.29, 1.82) is 0 Å². The molecule has 7 nitrogen and oxygen atoms in total. The van der Waals surface area contributed by atoms with Gasteiger partial charge in [0.05, 0.1) is 12.7 Å². The summed E-state index contributed by atoms with van der Waals surface area (Å²) >= 11 is 0. The minimum absolute atomic E-state index is 0.0303. The van der Waals surface area contributed by atoms with Crippen molar-refractivity contribution >= 4 is 11.8 Å². The Morgan fingerprint density at radius 3 is 2.50 bits per heavy atom. The van der Waals surface area contributed by atoms with Crippen LogP contribution in [0.5, 0.6) is 0 Å². The molecule has 168 valence electrons. The first kappa shape index (κ1) is 23.1. The Kier molecular flexibility index (Phi) is 5.82. The number of aliphatic hydroxyl groups is 3. The number of ether oxygens (including phenoxy) is 2. The standard InChI is InChI=1S/C23H34O7/c1-12(2)19-16-9-18(25)13(3)15-7-8-22(27,11-29-6)17(15)10-23(16,28)21(5,20(19)26)30-14(4)24/h10,12-13,15,18,25,27-28H,7-9,11H2,1-6H3/t13-,15+,18+,21+,22+,23+/m1/s1. The van der Waals surface area contributed by atoms with Gasteiger partial charge in [0.2, 0.25) is 11.4 Å². The molecule has 0 aliphatic heterocycles. The van der Waals surface area contributed by atoms with E-state index in [0.29, 0.717) is 29.6 Å². The van der Waals surface area contributed by atoms with E-state index in [1.165, 1.54) is 27.0 Å². The van der Waals surface area contributed by atoms with E-state index in [-0.39, 0.29) is 30.8 Å². The molecule has 0 saturated heterocycles. The third kappa shape index (κ3) is 3.18. The fourth-order valence-corrected chi connectivity index (χ4v) is 5.68. The Morgan fingerprint density at radius 1 is 1.33 bits per heavy atom. The maximum absolute atomic E-state index is 13.5. The van der Waals surface area contributed by atoms with E-state index < -0.39 is 34.7 Å². The van der Waals surface area contributed by atoms with Gasteiger partial charge < -0.3 is 24.8 Å². The van der Waals surface area contributed by atoms with E-state index in [0.717, 1.165) is 0 Å². The molecule has 0 amide bonds. The first-order valence-electron chi connectivity index (χ1n) is 10.6. The Hall–Kier alpha value is -1.54. The molecule has 30 heavy (non-hydrogen) atoms. The second-order valence-electron chi connectivity index (χ2n) is 9.61. The lowest BCUT2D eigenvalue weighted by molar-refractivity contribution is -0.177. The number of carbonyl (C=O) groups excluding carboxylic acids is 2. The van der Waals surface area contributed by atoms with Gasteiger partial charge >= 0.3 is 5.97 Å². The van der Waals surface area contributed by atoms with Gasteiger partial charge in [0, 0.05) is 19.6 Å². The number of carbonyl (C=O) groups is 2. The molecule has 7 heteroatoms. The number of rotatable bonds is 4. The van der Waals surface area contributed by atoms with E-state index in [1.807, 2.05) is 20.8 Å². The second-order valence-corrected chi connectivity index (χ2v) is 9.61. The monoisotopic (exact) mass is 422 g/mol. The van der Waals surface area contributed by atoms with Crippen molar-refractivity contribution in [1.82, 2.24) is 0 Å². The zero-order valence-electron chi connectivity index (χ0n) is 18.7. The van der Waals surface area contributed by atoms with Crippen LogP contribution in [0.2, 0.25) is 0 Å². The molecule has 3 N–H and O–H groups in total. The van der Waals surface area contributed by atoms with Gasteiger partial charge in [-0.1, -0.05) is 20.8 Å². The van der Waals surface area contributed by atoms with Crippen molar-refractivity contribution in [2.45, 2.75) is 76.8 Å². The molecular weight excluding hydrogens is 388 g/mol. The summed E-state index contributed by atoms with van der Waals surface area (Å²) in [5.41, 5.74) is -3.89.